The van der Waals surface area contributed by atoms with Gasteiger partial charge in [-0.1, -0.05) is 12.1 Å². The van der Waals surface area contributed by atoms with E-state index >= 15 is 0 Å². The lowest BCUT2D eigenvalue weighted by atomic mass is 10.1. The Bertz CT molecular complexity index is 796. The van der Waals surface area contributed by atoms with Crippen LogP contribution in [0.2, 0.25) is 0 Å². The first-order valence-electron chi connectivity index (χ1n) is 7.08. The van der Waals surface area contributed by atoms with Gasteiger partial charge in [0.15, 0.2) is 0 Å². The molecule has 0 aliphatic heterocycles. The minimum atomic E-state index is -0.321. The highest BCUT2D eigenvalue weighted by molar-refractivity contribution is 5.94. The van der Waals surface area contributed by atoms with E-state index < -0.39 is 0 Å². The summed E-state index contributed by atoms with van der Waals surface area (Å²) in [5.74, 6) is -0.564. The van der Waals surface area contributed by atoms with Crippen LogP contribution in [0.4, 0.5) is 5.69 Å². The van der Waals surface area contributed by atoms with E-state index in [4.69, 9.17) is 0 Å². The molecule has 10 heteroatoms. The van der Waals surface area contributed by atoms with Crippen molar-refractivity contribution in [3.63, 3.8) is 0 Å². The van der Waals surface area contributed by atoms with Gasteiger partial charge in [-0.25, -0.2) is 4.68 Å². The monoisotopic (exact) mass is 326 g/mol. The fourth-order valence-electron chi connectivity index (χ4n) is 2.00. The number of hydrogen-bond donors (Lipinski definition) is 3. The number of tetrazole rings is 1. The van der Waals surface area contributed by atoms with Gasteiger partial charge in [0.1, 0.15) is 6.33 Å². The number of aromatic amines is 1. The maximum absolute atomic E-state index is 11.9. The van der Waals surface area contributed by atoms with Gasteiger partial charge in [-0.15, -0.1) is 5.10 Å². The smallest absolute Gasteiger partial charge is 0.243 e. The molecule has 0 atom stereocenters. The highest BCUT2D eigenvalue weighted by Crippen LogP contribution is 2.08. The van der Waals surface area contributed by atoms with Crippen molar-refractivity contribution in [2.75, 3.05) is 11.9 Å². The summed E-state index contributed by atoms with van der Waals surface area (Å²) in [6, 6.07) is 7.24. The van der Waals surface area contributed by atoms with Gasteiger partial charge in [0.25, 0.3) is 0 Å². The molecule has 2 heterocycles. The fourth-order valence-corrected chi connectivity index (χ4v) is 2.00. The lowest BCUT2D eigenvalue weighted by molar-refractivity contribution is -0.123. The summed E-state index contributed by atoms with van der Waals surface area (Å²) in [4.78, 5) is 23.5. The Kier molecular flexibility index (Phi) is 4.56. The summed E-state index contributed by atoms with van der Waals surface area (Å²) in [5.41, 5.74) is 2.16. The van der Waals surface area contributed by atoms with Gasteiger partial charge < -0.3 is 10.6 Å². The average molecular weight is 326 g/mol. The van der Waals surface area contributed by atoms with E-state index in [-0.39, 0.29) is 24.8 Å². The molecule has 122 valence electrons. The Morgan fingerprint density at radius 3 is 2.67 bits per heavy atom. The van der Waals surface area contributed by atoms with Crippen LogP contribution in [0.3, 0.4) is 0 Å². The second-order valence-corrected chi connectivity index (χ2v) is 4.91. The molecule has 2 aromatic heterocycles. The van der Waals surface area contributed by atoms with Crippen molar-refractivity contribution < 1.29 is 9.59 Å². The lowest BCUT2D eigenvalue weighted by Crippen LogP contribution is -2.33. The summed E-state index contributed by atoms with van der Waals surface area (Å²) in [6.45, 7) is -0.104. The highest BCUT2D eigenvalue weighted by Gasteiger charge is 2.08. The second-order valence-electron chi connectivity index (χ2n) is 4.91. The Morgan fingerprint density at radius 1 is 1.17 bits per heavy atom. The molecule has 0 saturated heterocycles. The van der Waals surface area contributed by atoms with E-state index in [9.17, 15) is 9.59 Å². The first-order chi connectivity index (χ1) is 11.7. The molecule has 1 aromatic carbocycles. The molecular formula is C14H14N8O2. The van der Waals surface area contributed by atoms with Gasteiger partial charge in [-0.2, -0.15) is 5.10 Å². The largest absolute Gasteiger partial charge is 0.347 e. The molecule has 3 aromatic rings. The van der Waals surface area contributed by atoms with Crippen molar-refractivity contribution in [1.82, 2.24) is 35.7 Å². The number of hydrogen-bond acceptors (Lipinski definition) is 6. The predicted molar refractivity (Wildman–Crippen MR) is 83.1 cm³/mol. The lowest BCUT2D eigenvalue weighted by Gasteiger charge is -2.06. The maximum Gasteiger partial charge on any atom is 0.243 e. The van der Waals surface area contributed by atoms with Crippen LogP contribution < -0.4 is 10.6 Å². The quantitative estimate of drug-likeness (QED) is 0.569. The van der Waals surface area contributed by atoms with Gasteiger partial charge in [-0.05, 0) is 28.1 Å². The molecule has 0 fully saturated rings. The topological polar surface area (TPSA) is 130 Å². The van der Waals surface area contributed by atoms with E-state index in [0.717, 1.165) is 11.3 Å². The van der Waals surface area contributed by atoms with Crippen LogP contribution in [-0.4, -0.2) is 48.8 Å². The summed E-state index contributed by atoms with van der Waals surface area (Å²) in [7, 11) is 0. The van der Waals surface area contributed by atoms with Crippen LogP contribution in [0.25, 0.3) is 5.69 Å². The molecule has 0 spiro atoms. The van der Waals surface area contributed by atoms with Gasteiger partial charge in [0, 0.05) is 6.20 Å². The van der Waals surface area contributed by atoms with E-state index in [1.54, 1.807) is 6.20 Å². The Balaban J connectivity index is 1.47. The number of H-pyrrole nitrogens is 1. The number of rotatable bonds is 6. The minimum Gasteiger partial charge on any atom is -0.347 e. The minimum absolute atomic E-state index is 0.104. The molecule has 0 aliphatic rings. The van der Waals surface area contributed by atoms with Crippen molar-refractivity contribution in [1.29, 1.82) is 0 Å². The standard InChI is InChI=1S/C14H14N8O2/c23-13(15-8-14(24)19-11-6-16-17-7-11)5-10-1-3-12(4-2-10)22-9-18-20-21-22/h1-4,6-7,9H,5,8H2,(H,15,23)(H,16,17)(H,19,24). The van der Waals surface area contributed by atoms with Crippen molar-refractivity contribution in [2.45, 2.75) is 6.42 Å². The van der Waals surface area contributed by atoms with Gasteiger partial charge in [-0.3, -0.25) is 14.7 Å². The number of anilines is 1. The number of carbonyl (C=O) groups is 2. The van der Waals surface area contributed by atoms with Crippen molar-refractivity contribution in [3.05, 3.63) is 48.5 Å². The van der Waals surface area contributed by atoms with Crippen LogP contribution in [0, 0.1) is 0 Å². The molecule has 24 heavy (non-hydrogen) atoms. The number of nitrogens with one attached hydrogen (secondary N) is 3. The Labute approximate surface area is 136 Å². The first kappa shape index (κ1) is 15.3. The third-order valence-corrected chi connectivity index (χ3v) is 3.14. The molecule has 0 aliphatic carbocycles. The number of carbonyl (C=O) groups excluding carboxylic acids is 2. The van der Waals surface area contributed by atoms with Gasteiger partial charge in [0.05, 0.1) is 30.5 Å². The van der Waals surface area contributed by atoms with E-state index in [1.165, 1.54) is 17.2 Å². The molecule has 0 saturated carbocycles. The molecule has 0 bridgehead atoms. The van der Waals surface area contributed by atoms with Gasteiger partial charge in [0.2, 0.25) is 11.8 Å². The maximum atomic E-state index is 11.9. The first-order valence-corrected chi connectivity index (χ1v) is 7.08. The molecule has 10 nitrogen and oxygen atoms in total. The zero-order valence-corrected chi connectivity index (χ0v) is 12.5. The third kappa shape index (κ3) is 4.00. The number of benzene rings is 1. The van der Waals surface area contributed by atoms with E-state index in [0.29, 0.717) is 5.69 Å². The highest BCUT2D eigenvalue weighted by atomic mass is 16.2. The predicted octanol–water partition coefficient (Wildman–Crippen LogP) is -0.317. The molecular weight excluding hydrogens is 312 g/mol. The Hall–Kier alpha value is -3.56. The molecule has 3 N–H and O–H groups in total. The van der Waals surface area contributed by atoms with Crippen LogP contribution in [0.15, 0.2) is 43.0 Å². The van der Waals surface area contributed by atoms with Crippen molar-refractivity contribution >= 4 is 17.5 Å². The fraction of sp³-hybridized carbons (Fsp3) is 0.143. The van der Waals surface area contributed by atoms with Gasteiger partial charge >= 0.3 is 0 Å². The van der Waals surface area contributed by atoms with Crippen LogP contribution >= 0.6 is 0 Å². The van der Waals surface area contributed by atoms with E-state index in [2.05, 4.69) is 36.4 Å². The molecule has 0 radical (unpaired) electrons. The summed E-state index contributed by atoms with van der Waals surface area (Å²) in [6.07, 6.45) is 4.69. The molecule has 0 unspecified atom stereocenters. The number of aromatic nitrogens is 6. The third-order valence-electron chi connectivity index (χ3n) is 3.14. The molecule has 2 amide bonds. The number of amides is 2. The van der Waals surface area contributed by atoms with Crippen LogP contribution in [0.5, 0.6) is 0 Å². The van der Waals surface area contributed by atoms with Crippen molar-refractivity contribution in [2.24, 2.45) is 0 Å². The SMILES string of the molecule is O=C(Cc1ccc(-n2cnnn2)cc1)NCC(=O)Nc1cn[nH]c1. The second kappa shape index (κ2) is 7.13. The summed E-state index contributed by atoms with van der Waals surface area (Å²) < 4.78 is 1.52. The van der Waals surface area contributed by atoms with Crippen LogP contribution in [-0.2, 0) is 16.0 Å². The average Bonchev–Trinajstić information content (AvgIpc) is 3.27. The Morgan fingerprint density at radius 2 is 2.00 bits per heavy atom. The molecule has 3 rings (SSSR count). The number of nitrogens with zero attached hydrogens (tertiary/aromatic N) is 5. The van der Waals surface area contributed by atoms with Crippen molar-refractivity contribution in [3.8, 4) is 5.69 Å². The van der Waals surface area contributed by atoms with Crippen LogP contribution in [0.1, 0.15) is 5.56 Å². The zero-order chi connectivity index (χ0) is 16.8. The summed E-state index contributed by atoms with van der Waals surface area (Å²) >= 11 is 0. The summed E-state index contributed by atoms with van der Waals surface area (Å²) in [5, 5.41) is 22.4. The normalized spacial score (nSPS) is 10.3. The van der Waals surface area contributed by atoms with E-state index in [1.807, 2.05) is 24.3 Å². The zero-order valence-electron chi connectivity index (χ0n) is 12.5.